The molecule has 0 amide bonds. The zero-order chi connectivity index (χ0) is 11.0. The van der Waals surface area contributed by atoms with Crippen LogP contribution in [0.25, 0.3) is 11.3 Å². The molecule has 0 spiro atoms. The highest BCUT2D eigenvalue weighted by molar-refractivity contribution is 9.10. The van der Waals surface area contributed by atoms with Crippen LogP contribution >= 0.6 is 15.9 Å². The van der Waals surface area contributed by atoms with Crippen LogP contribution in [0.5, 0.6) is 5.75 Å². The van der Waals surface area contributed by atoms with Gasteiger partial charge >= 0.3 is 0 Å². The van der Waals surface area contributed by atoms with Crippen molar-refractivity contribution in [2.45, 2.75) is 0 Å². The van der Waals surface area contributed by atoms with E-state index >= 15 is 0 Å². The van der Waals surface area contributed by atoms with Crippen LogP contribution in [-0.4, -0.2) is 14.9 Å². The Bertz CT molecular complexity index is 488. The standard InChI is InChI=1S/C10H10BrN3O/c1-14-9(12)5-7(13-14)6-3-2-4-8(15)10(6)11/h2-5,15H,12H2,1H3. The number of nitrogens with two attached hydrogens (primary N) is 1. The smallest absolute Gasteiger partial charge is 0.130 e. The Morgan fingerprint density at radius 1 is 1.47 bits per heavy atom. The van der Waals surface area contributed by atoms with Crippen LogP contribution in [0.3, 0.4) is 0 Å². The Labute approximate surface area is 95.5 Å². The Kier molecular flexibility index (Phi) is 2.40. The highest BCUT2D eigenvalue weighted by Gasteiger charge is 2.10. The van der Waals surface area contributed by atoms with Gasteiger partial charge in [0, 0.05) is 18.7 Å². The Balaban J connectivity index is 2.59. The van der Waals surface area contributed by atoms with Crippen molar-refractivity contribution < 1.29 is 5.11 Å². The van der Waals surface area contributed by atoms with Crippen molar-refractivity contribution in [3.63, 3.8) is 0 Å². The molecule has 4 nitrogen and oxygen atoms in total. The number of aryl methyl sites for hydroxylation is 1. The van der Waals surface area contributed by atoms with Crippen LogP contribution in [0.1, 0.15) is 0 Å². The van der Waals surface area contributed by atoms with Gasteiger partial charge < -0.3 is 10.8 Å². The maximum Gasteiger partial charge on any atom is 0.130 e. The van der Waals surface area contributed by atoms with Gasteiger partial charge in [-0.25, -0.2) is 0 Å². The second-order valence-corrected chi connectivity index (χ2v) is 4.01. The van der Waals surface area contributed by atoms with Crippen molar-refractivity contribution in [2.75, 3.05) is 5.73 Å². The summed E-state index contributed by atoms with van der Waals surface area (Å²) >= 11 is 3.31. The molecule has 0 aliphatic rings. The molecule has 0 radical (unpaired) electrons. The van der Waals surface area contributed by atoms with E-state index in [1.165, 1.54) is 0 Å². The van der Waals surface area contributed by atoms with Crippen LogP contribution in [0, 0.1) is 0 Å². The highest BCUT2D eigenvalue weighted by Crippen LogP contribution is 2.34. The zero-order valence-corrected chi connectivity index (χ0v) is 9.69. The maximum atomic E-state index is 9.52. The molecule has 1 aromatic heterocycles. The number of anilines is 1. The largest absolute Gasteiger partial charge is 0.507 e. The van der Waals surface area contributed by atoms with E-state index in [1.54, 1.807) is 29.9 Å². The fourth-order valence-electron chi connectivity index (χ4n) is 1.33. The summed E-state index contributed by atoms with van der Waals surface area (Å²) in [7, 11) is 1.77. The van der Waals surface area contributed by atoms with Gasteiger partial charge in [0.25, 0.3) is 0 Å². The lowest BCUT2D eigenvalue weighted by Crippen LogP contribution is -1.96. The summed E-state index contributed by atoms with van der Waals surface area (Å²) in [5.74, 6) is 0.775. The van der Waals surface area contributed by atoms with Gasteiger partial charge in [0.2, 0.25) is 0 Å². The van der Waals surface area contributed by atoms with Gasteiger partial charge in [-0.2, -0.15) is 5.10 Å². The molecular weight excluding hydrogens is 258 g/mol. The number of rotatable bonds is 1. The predicted molar refractivity (Wildman–Crippen MR) is 62.4 cm³/mol. The van der Waals surface area contributed by atoms with Gasteiger partial charge in [-0.1, -0.05) is 12.1 Å². The topological polar surface area (TPSA) is 64.1 Å². The average molecular weight is 268 g/mol. The Hall–Kier alpha value is -1.49. The van der Waals surface area contributed by atoms with E-state index in [9.17, 15) is 5.11 Å². The van der Waals surface area contributed by atoms with Crippen molar-refractivity contribution in [1.82, 2.24) is 9.78 Å². The third-order valence-electron chi connectivity index (χ3n) is 2.17. The van der Waals surface area contributed by atoms with Crippen LogP contribution in [0.2, 0.25) is 0 Å². The first-order chi connectivity index (χ1) is 7.09. The van der Waals surface area contributed by atoms with E-state index in [2.05, 4.69) is 21.0 Å². The summed E-state index contributed by atoms with van der Waals surface area (Å²) < 4.78 is 2.22. The first-order valence-corrected chi connectivity index (χ1v) is 5.16. The molecule has 3 N–H and O–H groups in total. The molecule has 0 fully saturated rings. The number of phenolic OH excluding ortho intramolecular Hbond substituents is 1. The molecule has 0 aliphatic heterocycles. The number of aromatic nitrogens is 2. The van der Waals surface area contributed by atoms with E-state index in [1.807, 2.05) is 6.07 Å². The number of nitrogen functional groups attached to an aromatic ring is 1. The summed E-state index contributed by atoms with van der Waals surface area (Å²) in [5.41, 5.74) is 7.24. The number of halogens is 1. The number of hydrogen-bond donors (Lipinski definition) is 2. The third-order valence-corrected chi connectivity index (χ3v) is 3.00. The molecule has 0 saturated carbocycles. The first kappa shape index (κ1) is 10.0. The number of phenols is 1. The zero-order valence-electron chi connectivity index (χ0n) is 8.11. The van der Waals surface area contributed by atoms with E-state index in [0.29, 0.717) is 10.3 Å². The highest BCUT2D eigenvalue weighted by atomic mass is 79.9. The Morgan fingerprint density at radius 2 is 2.20 bits per heavy atom. The van der Waals surface area contributed by atoms with E-state index < -0.39 is 0 Å². The Morgan fingerprint density at radius 3 is 2.80 bits per heavy atom. The van der Waals surface area contributed by atoms with Crippen LogP contribution in [0.15, 0.2) is 28.7 Å². The van der Waals surface area contributed by atoms with Gasteiger partial charge in [-0.15, -0.1) is 0 Å². The molecular formula is C10H10BrN3O. The molecule has 15 heavy (non-hydrogen) atoms. The minimum Gasteiger partial charge on any atom is -0.507 e. The summed E-state index contributed by atoms with van der Waals surface area (Å²) in [4.78, 5) is 0. The van der Waals surface area contributed by atoms with E-state index in [4.69, 9.17) is 5.73 Å². The first-order valence-electron chi connectivity index (χ1n) is 4.37. The summed E-state index contributed by atoms with van der Waals surface area (Å²) in [6.07, 6.45) is 0. The molecule has 5 heteroatoms. The number of aromatic hydroxyl groups is 1. The quantitative estimate of drug-likeness (QED) is 0.832. The minimum atomic E-state index is 0.191. The molecule has 2 aromatic rings. The summed E-state index contributed by atoms with van der Waals surface area (Å²) in [6, 6.07) is 7.01. The normalized spacial score (nSPS) is 10.5. The number of hydrogen-bond acceptors (Lipinski definition) is 3. The fourth-order valence-corrected chi connectivity index (χ4v) is 1.80. The molecule has 78 valence electrons. The molecule has 0 saturated heterocycles. The SMILES string of the molecule is Cn1nc(-c2cccc(O)c2Br)cc1N. The molecule has 0 unspecified atom stereocenters. The van der Waals surface area contributed by atoms with Crippen LogP contribution in [0.4, 0.5) is 5.82 Å². The lowest BCUT2D eigenvalue weighted by molar-refractivity contribution is 0.472. The maximum absolute atomic E-state index is 9.52. The van der Waals surface area contributed by atoms with Crippen molar-refractivity contribution in [1.29, 1.82) is 0 Å². The van der Waals surface area contributed by atoms with E-state index in [-0.39, 0.29) is 5.75 Å². The van der Waals surface area contributed by atoms with Crippen molar-refractivity contribution in [3.05, 3.63) is 28.7 Å². The van der Waals surface area contributed by atoms with Gasteiger partial charge in [0.1, 0.15) is 11.6 Å². The van der Waals surface area contributed by atoms with Crippen molar-refractivity contribution >= 4 is 21.7 Å². The predicted octanol–water partition coefficient (Wildman–Crippen LogP) is 2.14. The minimum absolute atomic E-state index is 0.191. The van der Waals surface area contributed by atoms with Crippen LogP contribution < -0.4 is 5.73 Å². The lowest BCUT2D eigenvalue weighted by atomic mass is 10.1. The summed E-state index contributed by atoms with van der Waals surface area (Å²) in [5, 5.41) is 13.8. The second-order valence-electron chi connectivity index (χ2n) is 3.22. The van der Waals surface area contributed by atoms with Crippen molar-refractivity contribution in [2.24, 2.45) is 7.05 Å². The van der Waals surface area contributed by atoms with Gasteiger partial charge in [0.15, 0.2) is 0 Å². The van der Waals surface area contributed by atoms with Crippen molar-refractivity contribution in [3.8, 4) is 17.0 Å². The molecule has 2 rings (SSSR count). The molecule has 0 bridgehead atoms. The second kappa shape index (κ2) is 3.58. The molecule has 0 atom stereocenters. The van der Waals surface area contributed by atoms with Gasteiger partial charge in [-0.05, 0) is 22.0 Å². The van der Waals surface area contributed by atoms with Crippen LogP contribution in [-0.2, 0) is 7.05 Å². The number of nitrogens with zero attached hydrogens (tertiary/aromatic N) is 2. The molecule has 0 aliphatic carbocycles. The molecule has 1 aromatic carbocycles. The fraction of sp³-hybridized carbons (Fsp3) is 0.100. The van der Waals surface area contributed by atoms with E-state index in [0.717, 1.165) is 11.3 Å². The monoisotopic (exact) mass is 267 g/mol. The average Bonchev–Trinajstić information content (AvgIpc) is 2.51. The lowest BCUT2D eigenvalue weighted by Gasteiger charge is -2.02. The third kappa shape index (κ3) is 1.70. The van der Waals surface area contributed by atoms with Gasteiger partial charge in [-0.3, -0.25) is 4.68 Å². The van der Waals surface area contributed by atoms with Gasteiger partial charge in [0.05, 0.1) is 10.2 Å². The summed E-state index contributed by atoms with van der Waals surface area (Å²) in [6.45, 7) is 0. The molecule has 1 heterocycles. The number of benzene rings is 1.